The summed E-state index contributed by atoms with van der Waals surface area (Å²) in [4.78, 5) is 0. The van der Waals surface area contributed by atoms with E-state index >= 15 is 0 Å². The maximum absolute atomic E-state index is 5.50. The molecule has 5 heteroatoms. The Hall–Kier alpha value is 0.951. The maximum atomic E-state index is 5.50. The standard InChI is InChI=1S/C8H13OSi.2ClH.Ti/c1-5-4-8(9-10)7(3)6(5)2;;;/h8H,1-3,10H3;2*1H;/q;;;+2/p-2. The molecule has 1 aliphatic rings. The molecule has 0 aromatic carbocycles. The van der Waals surface area contributed by atoms with Gasteiger partial charge in [-0.15, -0.1) is 0 Å². The van der Waals surface area contributed by atoms with Crippen molar-refractivity contribution in [2.24, 2.45) is 0 Å². The summed E-state index contributed by atoms with van der Waals surface area (Å²) in [5, 5.41) is 0. The van der Waals surface area contributed by atoms with E-state index in [4.69, 9.17) is 4.43 Å². The van der Waals surface area contributed by atoms with E-state index in [-0.39, 0.29) is 24.8 Å². The fraction of sp³-hybridized carbons (Fsp3) is 0.500. The third kappa shape index (κ3) is 2.95. The van der Waals surface area contributed by atoms with Crippen LogP contribution in [0, 0.1) is 0 Å². The van der Waals surface area contributed by atoms with Crippen molar-refractivity contribution in [3.05, 3.63) is 20.6 Å². The molecule has 1 rings (SSSR count). The van der Waals surface area contributed by atoms with Gasteiger partial charge in [-0.3, -0.25) is 0 Å². The topological polar surface area (TPSA) is 9.23 Å². The van der Waals surface area contributed by atoms with Crippen LogP contribution in [0.4, 0.5) is 0 Å². The van der Waals surface area contributed by atoms with E-state index in [9.17, 15) is 0 Å². The van der Waals surface area contributed by atoms with Crippen LogP contribution < -0.4 is 24.8 Å². The van der Waals surface area contributed by atoms with Crippen LogP contribution in [0.15, 0.2) is 20.6 Å². The summed E-state index contributed by atoms with van der Waals surface area (Å²) in [5.74, 6) is 0. The van der Waals surface area contributed by atoms with E-state index in [0.29, 0.717) is 6.10 Å². The van der Waals surface area contributed by atoms with Crippen LogP contribution in [0.1, 0.15) is 20.8 Å². The second-order valence-electron chi connectivity index (χ2n) is 2.96. The molecular formula is C8H13Cl2OSiTi. The average Bonchev–Trinajstić information content (AvgIpc) is 2.17. The zero-order chi connectivity index (χ0) is 8.59. The van der Waals surface area contributed by atoms with Crippen molar-refractivity contribution in [2.45, 2.75) is 26.9 Å². The fourth-order valence-corrected chi connectivity index (χ4v) is 3.17. The molecule has 73 valence electrons. The number of hydrogen-bond donors (Lipinski definition) is 0. The minimum atomic E-state index is 0. The first-order chi connectivity index (χ1) is 5.09. The molecule has 0 aliphatic heterocycles. The number of halogens is 2. The molecule has 0 aromatic rings. The average molecular weight is 272 g/mol. The minimum Gasteiger partial charge on any atom is -1.00 e. The summed E-state index contributed by atoms with van der Waals surface area (Å²) in [5.41, 5.74) is 4.24. The van der Waals surface area contributed by atoms with Crippen molar-refractivity contribution < 1.29 is 49.7 Å². The predicted octanol–water partition coefficient (Wildman–Crippen LogP) is -5.17. The first kappa shape index (κ1) is 16.4. The minimum absolute atomic E-state index is 0. The van der Waals surface area contributed by atoms with Crippen molar-refractivity contribution >= 4 is 10.5 Å². The van der Waals surface area contributed by atoms with Crippen molar-refractivity contribution in [2.75, 3.05) is 0 Å². The number of allylic oxidation sites excluding steroid dienone is 2. The van der Waals surface area contributed by atoms with Gasteiger partial charge in [-0.2, -0.15) is 0 Å². The summed E-state index contributed by atoms with van der Waals surface area (Å²) >= 11 is 2.16. The maximum Gasteiger partial charge on any atom is -1.00 e. The Morgan fingerprint density at radius 2 is 1.62 bits per heavy atom. The van der Waals surface area contributed by atoms with Gasteiger partial charge in [-0.1, -0.05) is 0 Å². The molecular weight excluding hydrogens is 259 g/mol. The molecule has 0 saturated heterocycles. The molecule has 0 amide bonds. The summed E-state index contributed by atoms with van der Waals surface area (Å²) < 4.78 is 6.90. The van der Waals surface area contributed by atoms with Crippen molar-refractivity contribution in [1.82, 2.24) is 0 Å². The van der Waals surface area contributed by atoms with Gasteiger partial charge in [0.05, 0.1) is 0 Å². The third-order valence-electron chi connectivity index (χ3n) is 2.45. The van der Waals surface area contributed by atoms with Gasteiger partial charge in [0.25, 0.3) is 0 Å². The molecule has 0 bridgehead atoms. The van der Waals surface area contributed by atoms with Gasteiger partial charge >= 0.3 is 82.8 Å². The molecule has 0 saturated carbocycles. The van der Waals surface area contributed by atoms with Crippen LogP contribution in [-0.2, 0) is 24.9 Å². The molecule has 0 aromatic heterocycles. The Bertz CT molecular complexity index is 227. The van der Waals surface area contributed by atoms with E-state index in [1.165, 1.54) is 20.6 Å². The summed E-state index contributed by atoms with van der Waals surface area (Å²) in [7, 11) is 0.822. The first-order valence-electron chi connectivity index (χ1n) is 3.72. The van der Waals surface area contributed by atoms with E-state index in [1.54, 1.807) is 0 Å². The quantitative estimate of drug-likeness (QED) is 0.434. The largest absolute Gasteiger partial charge is 1.00 e. The first-order valence-corrected chi connectivity index (χ1v) is 5.32. The number of hydrogen-bond acceptors (Lipinski definition) is 1. The van der Waals surface area contributed by atoms with E-state index in [1.807, 2.05) is 0 Å². The number of rotatable bonds is 1. The molecule has 0 radical (unpaired) electrons. The smallest absolute Gasteiger partial charge is 1.00 e. The zero-order valence-corrected chi connectivity index (χ0v) is 13.3. The van der Waals surface area contributed by atoms with Gasteiger partial charge in [-0.05, 0) is 0 Å². The van der Waals surface area contributed by atoms with E-state index in [0.717, 1.165) is 10.5 Å². The molecule has 1 unspecified atom stereocenters. The Balaban J connectivity index is 0. The third-order valence-corrected chi connectivity index (χ3v) is 3.92. The van der Waals surface area contributed by atoms with Crippen LogP contribution in [-0.4, -0.2) is 16.6 Å². The summed E-state index contributed by atoms with van der Waals surface area (Å²) in [6, 6.07) is 0. The van der Waals surface area contributed by atoms with Gasteiger partial charge < -0.3 is 24.8 Å². The Morgan fingerprint density at radius 1 is 1.15 bits per heavy atom. The van der Waals surface area contributed by atoms with Crippen molar-refractivity contribution in [1.29, 1.82) is 0 Å². The van der Waals surface area contributed by atoms with Gasteiger partial charge in [0, 0.05) is 0 Å². The second-order valence-corrected chi connectivity index (χ2v) is 4.28. The Morgan fingerprint density at radius 3 is 1.77 bits per heavy atom. The molecule has 0 N–H and O–H groups in total. The van der Waals surface area contributed by atoms with E-state index < -0.39 is 0 Å². The van der Waals surface area contributed by atoms with Crippen molar-refractivity contribution in [3.8, 4) is 0 Å². The van der Waals surface area contributed by atoms with Gasteiger partial charge in [0.2, 0.25) is 0 Å². The van der Waals surface area contributed by atoms with Gasteiger partial charge in [-0.25, -0.2) is 0 Å². The molecule has 0 heterocycles. The fourth-order valence-electron chi connectivity index (χ4n) is 1.40. The van der Waals surface area contributed by atoms with E-state index in [2.05, 4.69) is 41.2 Å². The van der Waals surface area contributed by atoms with Crippen LogP contribution >= 0.6 is 0 Å². The van der Waals surface area contributed by atoms with Crippen LogP contribution in [0.2, 0.25) is 0 Å². The molecule has 1 nitrogen and oxygen atoms in total. The van der Waals surface area contributed by atoms with Gasteiger partial charge in [0.15, 0.2) is 0 Å². The SMILES string of the molecule is CC1=C(C)C(O[SiH3])[C]([Ti+2])=C1C.[Cl-].[Cl-]. The van der Waals surface area contributed by atoms with Gasteiger partial charge in [0.1, 0.15) is 0 Å². The Kier molecular flexibility index (Phi) is 8.11. The van der Waals surface area contributed by atoms with Crippen LogP contribution in [0.25, 0.3) is 0 Å². The molecule has 1 aliphatic carbocycles. The van der Waals surface area contributed by atoms with Crippen LogP contribution in [0.3, 0.4) is 0 Å². The summed E-state index contributed by atoms with van der Waals surface area (Å²) in [6.07, 6.45) is 0.307. The molecule has 0 fully saturated rings. The van der Waals surface area contributed by atoms with Crippen LogP contribution in [0.5, 0.6) is 0 Å². The molecule has 13 heavy (non-hydrogen) atoms. The normalized spacial score (nSPS) is 21.8. The second kappa shape index (κ2) is 6.44. The molecule has 0 spiro atoms. The predicted molar refractivity (Wildman–Crippen MR) is 45.9 cm³/mol. The monoisotopic (exact) mass is 271 g/mol. The molecule has 1 atom stereocenters. The zero-order valence-electron chi connectivity index (χ0n) is 8.24. The Labute approximate surface area is 107 Å². The van der Waals surface area contributed by atoms with Crippen molar-refractivity contribution in [3.63, 3.8) is 0 Å². The summed E-state index contributed by atoms with van der Waals surface area (Å²) in [6.45, 7) is 6.52.